The van der Waals surface area contributed by atoms with Gasteiger partial charge in [0.2, 0.25) is 0 Å². The predicted octanol–water partition coefficient (Wildman–Crippen LogP) is 4.64. The Morgan fingerprint density at radius 2 is 2.00 bits per heavy atom. The van der Waals surface area contributed by atoms with Crippen LogP contribution in [0, 0.1) is 6.92 Å². The molecule has 2 heterocycles. The first kappa shape index (κ1) is 20.5. The Balaban J connectivity index is 1.58. The van der Waals surface area contributed by atoms with Crippen LogP contribution in [0.25, 0.3) is 10.9 Å². The smallest absolute Gasteiger partial charge is 0.350 e. The van der Waals surface area contributed by atoms with E-state index in [1.54, 1.807) is 23.4 Å². The fraction of sp³-hybridized carbons (Fsp3) is 0.250. The molecule has 0 fully saturated rings. The van der Waals surface area contributed by atoms with Crippen LogP contribution in [0.4, 0.5) is 10.6 Å². The molecule has 0 aliphatic heterocycles. The highest BCUT2D eigenvalue weighted by Gasteiger charge is 2.22. The number of anilines is 1. The molecule has 158 valence electrons. The molecule has 31 heavy (non-hydrogen) atoms. The maximum atomic E-state index is 13.2. The van der Waals surface area contributed by atoms with E-state index < -0.39 is 0 Å². The second kappa shape index (κ2) is 9.38. The van der Waals surface area contributed by atoms with E-state index >= 15 is 0 Å². The number of hydrogen-bond donors (Lipinski definition) is 0. The van der Waals surface area contributed by atoms with Crippen LogP contribution in [0.5, 0.6) is 5.75 Å². The summed E-state index contributed by atoms with van der Waals surface area (Å²) in [5, 5.41) is 4.89. The van der Waals surface area contributed by atoms with Crippen molar-refractivity contribution in [3.63, 3.8) is 0 Å². The third-order valence-corrected chi connectivity index (χ3v) is 5.06. The number of para-hydroxylation sites is 1. The lowest BCUT2D eigenvalue weighted by molar-refractivity contribution is 0.242. The summed E-state index contributed by atoms with van der Waals surface area (Å²) in [5.41, 5.74) is 3.16. The summed E-state index contributed by atoms with van der Waals surface area (Å²) in [5.74, 6) is 1.35. The lowest BCUT2D eigenvalue weighted by atomic mass is 10.1. The maximum absolute atomic E-state index is 13.2. The van der Waals surface area contributed by atoms with Crippen LogP contribution < -0.4 is 9.64 Å². The molecule has 0 N–H and O–H groups in total. The Hall–Kier alpha value is -3.74. The summed E-state index contributed by atoms with van der Waals surface area (Å²) in [6.07, 6.45) is 6.83. The van der Waals surface area contributed by atoms with Gasteiger partial charge in [-0.15, -0.1) is 0 Å². The Morgan fingerprint density at radius 3 is 2.77 bits per heavy atom. The molecule has 4 aromatic rings. The Bertz CT molecular complexity index is 1170. The third kappa shape index (κ3) is 4.55. The van der Waals surface area contributed by atoms with Gasteiger partial charge in [0.15, 0.2) is 0 Å². The molecule has 7 heteroatoms. The second-order valence-corrected chi connectivity index (χ2v) is 7.30. The van der Waals surface area contributed by atoms with Crippen molar-refractivity contribution in [2.45, 2.75) is 26.7 Å². The second-order valence-electron chi connectivity index (χ2n) is 7.30. The summed E-state index contributed by atoms with van der Waals surface area (Å²) in [6.45, 7) is 4.84. The maximum Gasteiger partial charge on any atom is 0.350 e. The van der Waals surface area contributed by atoms with E-state index in [0.29, 0.717) is 19.0 Å². The van der Waals surface area contributed by atoms with Gasteiger partial charge >= 0.3 is 6.03 Å². The van der Waals surface area contributed by atoms with Gasteiger partial charge in [-0.05, 0) is 48.7 Å². The largest absolute Gasteiger partial charge is 0.491 e. The highest BCUT2D eigenvalue weighted by Crippen LogP contribution is 2.24. The van der Waals surface area contributed by atoms with E-state index in [0.717, 1.165) is 35.1 Å². The van der Waals surface area contributed by atoms with Crippen molar-refractivity contribution < 1.29 is 9.53 Å². The van der Waals surface area contributed by atoms with E-state index in [9.17, 15) is 4.79 Å². The normalized spacial score (nSPS) is 10.9. The Morgan fingerprint density at radius 1 is 1.13 bits per heavy atom. The molecular weight excluding hydrogens is 390 g/mol. The van der Waals surface area contributed by atoms with Crippen molar-refractivity contribution in [3.8, 4) is 5.75 Å². The highest BCUT2D eigenvalue weighted by atomic mass is 16.5. The minimum absolute atomic E-state index is 0.299. The van der Waals surface area contributed by atoms with Gasteiger partial charge in [-0.2, -0.15) is 9.78 Å². The number of amides is 1. The van der Waals surface area contributed by atoms with Crippen LogP contribution in [0.1, 0.15) is 24.5 Å². The average Bonchev–Trinajstić information content (AvgIpc) is 3.33. The number of hydrogen-bond acceptors (Lipinski definition) is 5. The fourth-order valence-electron chi connectivity index (χ4n) is 3.57. The lowest BCUT2D eigenvalue weighted by Gasteiger charge is -2.23. The number of ether oxygens (including phenoxy) is 1. The number of nitrogens with zero attached hydrogens (tertiary/aromatic N) is 5. The van der Waals surface area contributed by atoms with E-state index in [-0.39, 0.29) is 6.03 Å². The van der Waals surface area contributed by atoms with Crippen LogP contribution in [0.3, 0.4) is 0 Å². The first-order valence-corrected chi connectivity index (χ1v) is 10.4. The number of fused-ring (bicyclic) bond motifs is 1. The van der Waals surface area contributed by atoms with Gasteiger partial charge < -0.3 is 4.74 Å². The zero-order valence-electron chi connectivity index (χ0n) is 17.7. The minimum atomic E-state index is -0.299. The molecule has 7 nitrogen and oxygen atoms in total. The molecule has 1 amide bonds. The van der Waals surface area contributed by atoms with Gasteiger partial charge in [-0.25, -0.2) is 14.8 Å². The molecular formula is C24H25N5O2. The van der Waals surface area contributed by atoms with Gasteiger partial charge in [0.1, 0.15) is 24.5 Å². The molecule has 4 rings (SSSR count). The lowest BCUT2D eigenvalue weighted by Crippen LogP contribution is -2.38. The predicted molar refractivity (Wildman–Crippen MR) is 121 cm³/mol. The highest BCUT2D eigenvalue weighted by molar-refractivity contribution is 6.00. The van der Waals surface area contributed by atoms with Gasteiger partial charge in [0.25, 0.3) is 0 Å². The number of carbonyl (C=O) groups is 1. The molecule has 0 saturated heterocycles. The molecule has 0 atom stereocenters. The van der Waals surface area contributed by atoms with Gasteiger partial charge in [-0.1, -0.05) is 37.6 Å². The first-order valence-electron chi connectivity index (χ1n) is 10.4. The van der Waals surface area contributed by atoms with Crippen molar-refractivity contribution >= 4 is 22.8 Å². The van der Waals surface area contributed by atoms with Crippen LogP contribution in [0.15, 0.2) is 67.3 Å². The van der Waals surface area contributed by atoms with Crippen molar-refractivity contribution in [2.75, 3.05) is 18.1 Å². The van der Waals surface area contributed by atoms with Crippen LogP contribution in [0.2, 0.25) is 0 Å². The van der Waals surface area contributed by atoms with Crippen LogP contribution in [-0.4, -0.2) is 38.9 Å². The van der Waals surface area contributed by atoms with Crippen LogP contribution >= 0.6 is 0 Å². The molecule has 2 aromatic heterocycles. The average molecular weight is 415 g/mol. The number of benzene rings is 2. The van der Waals surface area contributed by atoms with Crippen LogP contribution in [-0.2, 0) is 6.42 Å². The van der Waals surface area contributed by atoms with Crippen molar-refractivity contribution in [3.05, 3.63) is 78.4 Å². The number of rotatable bonds is 7. The fourth-order valence-corrected chi connectivity index (χ4v) is 3.57. The Labute approximate surface area is 181 Å². The zero-order chi connectivity index (χ0) is 21.6. The monoisotopic (exact) mass is 415 g/mol. The molecule has 0 aliphatic carbocycles. The van der Waals surface area contributed by atoms with Gasteiger partial charge in [-0.3, -0.25) is 4.90 Å². The minimum Gasteiger partial charge on any atom is -0.491 e. The third-order valence-electron chi connectivity index (χ3n) is 5.06. The quantitative estimate of drug-likeness (QED) is 0.440. The topological polar surface area (TPSA) is 73.1 Å². The van der Waals surface area contributed by atoms with Crippen molar-refractivity contribution in [2.24, 2.45) is 0 Å². The molecule has 0 saturated carbocycles. The number of carbonyl (C=O) groups excluding carboxylic acids is 1. The molecule has 0 spiro atoms. The Kier molecular flexibility index (Phi) is 6.21. The standard InChI is InChI=1S/C24H25N5O2/c1-3-7-19-10-11-22(18(2)16-19)31-15-14-28(24(30)29-13-6-12-27-29)23-20-8-4-5-9-21(20)25-17-26-23/h4-6,8-13,16-17H,3,7,14-15H2,1-2H3. The summed E-state index contributed by atoms with van der Waals surface area (Å²) in [4.78, 5) is 23.5. The van der Waals surface area contributed by atoms with Crippen molar-refractivity contribution in [1.82, 2.24) is 19.7 Å². The van der Waals surface area contributed by atoms with Gasteiger partial charge in [0, 0.05) is 17.8 Å². The number of aryl methyl sites for hydroxylation is 2. The van der Waals surface area contributed by atoms with Gasteiger partial charge in [0.05, 0.1) is 12.1 Å². The first-order chi connectivity index (χ1) is 15.2. The van der Waals surface area contributed by atoms with E-state index in [2.05, 4.69) is 34.1 Å². The summed E-state index contributed by atoms with van der Waals surface area (Å²) < 4.78 is 7.33. The van der Waals surface area contributed by atoms with E-state index in [1.165, 1.54) is 16.6 Å². The molecule has 2 aromatic carbocycles. The van der Waals surface area contributed by atoms with E-state index in [1.807, 2.05) is 37.3 Å². The summed E-state index contributed by atoms with van der Waals surface area (Å²) in [6, 6.07) is 15.3. The molecule has 0 aliphatic rings. The number of aromatic nitrogens is 4. The zero-order valence-corrected chi connectivity index (χ0v) is 17.7. The summed E-state index contributed by atoms with van der Waals surface area (Å²) in [7, 11) is 0. The summed E-state index contributed by atoms with van der Waals surface area (Å²) >= 11 is 0. The molecule has 0 radical (unpaired) electrons. The van der Waals surface area contributed by atoms with E-state index in [4.69, 9.17) is 4.74 Å². The SMILES string of the molecule is CCCc1ccc(OCCN(C(=O)n2cccn2)c2ncnc3ccccc23)c(C)c1. The molecule has 0 bridgehead atoms. The van der Waals surface area contributed by atoms with Crippen molar-refractivity contribution in [1.29, 1.82) is 0 Å². The molecule has 0 unspecified atom stereocenters.